The molecule has 1 saturated carbocycles. The van der Waals surface area contributed by atoms with Crippen LogP contribution in [0.5, 0.6) is 0 Å². The summed E-state index contributed by atoms with van der Waals surface area (Å²) in [5.41, 5.74) is 0. The fraction of sp³-hybridized carbons (Fsp3) is 0.833. The van der Waals surface area contributed by atoms with E-state index in [0.717, 1.165) is 25.7 Å². The van der Waals surface area contributed by atoms with Crippen LogP contribution in [0, 0.1) is 0 Å². The highest BCUT2D eigenvalue weighted by atomic mass is 32.3. The van der Waals surface area contributed by atoms with Crippen molar-refractivity contribution in [2.75, 3.05) is 6.54 Å². The Balaban J connectivity index is 1.67. The highest BCUT2D eigenvalue weighted by molar-refractivity contribution is 7.80. The summed E-state index contributed by atoms with van der Waals surface area (Å²) >= 11 is 0. The molecule has 0 radical (unpaired) electrons. The Hall–Kier alpha value is -1.39. The molecule has 3 aliphatic rings. The molecule has 0 spiro atoms. The third kappa shape index (κ3) is 3.03. The van der Waals surface area contributed by atoms with E-state index in [-0.39, 0.29) is 18.5 Å². The SMILES string of the molecule is O=C(NC1CCCC1)[C@@H]1CC[C@@H]2CN1C(=O)N2OS(=O)(=O)O. The zero-order chi connectivity index (χ0) is 15.9. The largest absolute Gasteiger partial charge is 0.418 e. The molecule has 0 aromatic rings. The molecule has 2 N–H and O–H groups in total. The minimum absolute atomic E-state index is 0.160. The lowest BCUT2D eigenvalue weighted by atomic mass is 10.00. The van der Waals surface area contributed by atoms with Gasteiger partial charge in [-0.3, -0.25) is 9.35 Å². The molecule has 2 heterocycles. The maximum atomic E-state index is 12.3. The molecule has 3 amide bonds. The van der Waals surface area contributed by atoms with Crippen molar-refractivity contribution in [2.24, 2.45) is 0 Å². The Labute approximate surface area is 128 Å². The van der Waals surface area contributed by atoms with Crippen LogP contribution in [0.15, 0.2) is 0 Å². The average molecular weight is 333 g/mol. The smallest absolute Gasteiger partial charge is 0.352 e. The number of carbonyl (C=O) groups excluding carboxylic acids is 2. The normalized spacial score (nSPS) is 29.2. The molecular weight excluding hydrogens is 314 g/mol. The lowest BCUT2D eigenvalue weighted by Crippen LogP contribution is -2.51. The van der Waals surface area contributed by atoms with Crippen LogP contribution in [0.25, 0.3) is 0 Å². The Morgan fingerprint density at radius 3 is 2.55 bits per heavy atom. The van der Waals surface area contributed by atoms with E-state index in [4.69, 9.17) is 4.55 Å². The minimum Gasteiger partial charge on any atom is -0.352 e. The maximum Gasteiger partial charge on any atom is 0.418 e. The van der Waals surface area contributed by atoms with Crippen LogP contribution in [-0.4, -0.2) is 59.5 Å². The Morgan fingerprint density at radius 2 is 1.91 bits per heavy atom. The van der Waals surface area contributed by atoms with Gasteiger partial charge in [-0.25, -0.2) is 4.79 Å². The summed E-state index contributed by atoms with van der Waals surface area (Å²) in [5, 5.41) is 3.61. The number of hydrogen-bond acceptors (Lipinski definition) is 5. The van der Waals surface area contributed by atoms with E-state index in [9.17, 15) is 18.0 Å². The van der Waals surface area contributed by atoms with Crippen LogP contribution < -0.4 is 5.32 Å². The van der Waals surface area contributed by atoms with E-state index in [1.807, 2.05) is 0 Å². The van der Waals surface area contributed by atoms with E-state index in [2.05, 4.69) is 9.60 Å². The van der Waals surface area contributed by atoms with Crippen molar-refractivity contribution in [3.63, 3.8) is 0 Å². The Kier molecular flexibility index (Phi) is 4.00. The number of nitrogens with zero attached hydrogens (tertiary/aromatic N) is 2. The number of fused-ring (bicyclic) bond motifs is 2. The van der Waals surface area contributed by atoms with Crippen molar-refractivity contribution in [1.29, 1.82) is 0 Å². The van der Waals surface area contributed by atoms with Crippen LogP contribution in [0.3, 0.4) is 0 Å². The monoisotopic (exact) mass is 333 g/mol. The van der Waals surface area contributed by atoms with E-state index in [0.29, 0.717) is 17.9 Å². The first-order chi connectivity index (χ1) is 10.3. The van der Waals surface area contributed by atoms with Gasteiger partial charge in [0.25, 0.3) is 0 Å². The molecule has 3 fully saturated rings. The number of hydroxylamine groups is 2. The van der Waals surface area contributed by atoms with Gasteiger partial charge in [0.1, 0.15) is 6.04 Å². The van der Waals surface area contributed by atoms with E-state index in [1.165, 1.54) is 4.90 Å². The molecular formula is C12H19N3O6S. The first kappa shape index (κ1) is 15.5. The second kappa shape index (κ2) is 5.67. The number of hydrogen-bond donors (Lipinski definition) is 2. The summed E-state index contributed by atoms with van der Waals surface area (Å²) in [6.07, 6.45) is 4.98. The number of amides is 3. The molecule has 10 heteroatoms. The minimum atomic E-state index is -4.76. The topological polar surface area (TPSA) is 116 Å². The summed E-state index contributed by atoms with van der Waals surface area (Å²) in [5.74, 6) is -0.201. The first-order valence-electron chi connectivity index (χ1n) is 7.42. The zero-order valence-corrected chi connectivity index (χ0v) is 12.8. The number of carbonyl (C=O) groups is 2. The molecule has 0 aromatic heterocycles. The summed E-state index contributed by atoms with van der Waals surface area (Å²) < 4.78 is 34.7. The molecule has 1 aliphatic carbocycles. The number of piperidine rings is 1. The van der Waals surface area contributed by atoms with Gasteiger partial charge in [0.05, 0.1) is 6.04 Å². The van der Waals surface area contributed by atoms with Crippen molar-refractivity contribution in [3.8, 4) is 0 Å². The summed E-state index contributed by atoms with van der Waals surface area (Å²) in [7, 11) is -4.76. The van der Waals surface area contributed by atoms with Gasteiger partial charge in [-0.2, -0.15) is 13.5 Å². The fourth-order valence-corrected chi connectivity index (χ4v) is 3.86. The van der Waals surface area contributed by atoms with Crippen molar-refractivity contribution < 1.29 is 26.8 Å². The molecule has 9 nitrogen and oxygen atoms in total. The molecule has 2 saturated heterocycles. The van der Waals surface area contributed by atoms with Crippen LogP contribution in [0.1, 0.15) is 38.5 Å². The van der Waals surface area contributed by atoms with Crippen LogP contribution >= 0.6 is 0 Å². The molecule has 2 bridgehead atoms. The average Bonchev–Trinajstić information content (AvgIpc) is 3.01. The molecule has 22 heavy (non-hydrogen) atoms. The summed E-state index contributed by atoms with van der Waals surface area (Å²) in [6, 6.07) is -1.62. The molecule has 2 aliphatic heterocycles. The lowest BCUT2D eigenvalue weighted by molar-refractivity contribution is -0.126. The van der Waals surface area contributed by atoms with Gasteiger partial charge in [0, 0.05) is 12.6 Å². The molecule has 2 atom stereocenters. The molecule has 0 unspecified atom stereocenters. The second-order valence-electron chi connectivity index (χ2n) is 6.00. The Bertz CT molecular complexity index is 573. The summed E-state index contributed by atoms with van der Waals surface area (Å²) in [6.45, 7) is 0.219. The van der Waals surface area contributed by atoms with Gasteiger partial charge in [-0.15, -0.1) is 4.28 Å². The van der Waals surface area contributed by atoms with Gasteiger partial charge in [-0.1, -0.05) is 12.8 Å². The van der Waals surface area contributed by atoms with Crippen LogP contribution in [0.4, 0.5) is 4.79 Å². The zero-order valence-electron chi connectivity index (χ0n) is 12.0. The molecule has 3 rings (SSSR count). The van der Waals surface area contributed by atoms with Gasteiger partial charge < -0.3 is 10.2 Å². The number of rotatable bonds is 4. The quantitative estimate of drug-likeness (QED) is 0.702. The van der Waals surface area contributed by atoms with Crippen molar-refractivity contribution >= 4 is 22.3 Å². The number of nitrogens with one attached hydrogen (secondary N) is 1. The van der Waals surface area contributed by atoms with Gasteiger partial charge in [-0.05, 0) is 25.7 Å². The second-order valence-corrected chi connectivity index (χ2v) is 7.00. The van der Waals surface area contributed by atoms with Gasteiger partial charge in [0.15, 0.2) is 0 Å². The molecule has 0 aromatic carbocycles. The standard InChI is InChI=1S/C12H19N3O6S/c16-11(13-8-3-1-2-4-8)10-6-5-9-7-14(10)12(17)15(9)21-22(18,19)20/h8-10H,1-7H2,(H,13,16)(H,18,19,20)/t9-,10+/m1/s1. The fourth-order valence-electron chi connectivity index (χ4n) is 3.47. The van der Waals surface area contributed by atoms with Crippen molar-refractivity contribution in [2.45, 2.75) is 56.7 Å². The van der Waals surface area contributed by atoms with Crippen LogP contribution in [-0.2, 0) is 19.5 Å². The van der Waals surface area contributed by atoms with Gasteiger partial charge >= 0.3 is 16.4 Å². The highest BCUT2D eigenvalue weighted by Crippen LogP contribution is 2.31. The third-order valence-corrected chi connectivity index (χ3v) is 4.85. The van der Waals surface area contributed by atoms with Crippen molar-refractivity contribution in [3.05, 3.63) is 0 Å². The predicted octanol–water partition coefficient (Wildman–Crippen LogP) is 0.0482. The highest BCUT2D eigenvalue weighted by Gasteiger charge is 2.49. The first-order valence-corrected chi connectivity index (χ1v) is 8.79. The van der Waals surface area contributed by atoms with E-state index >= 15 is 0 Å². The Morgan fingerprint density at radius 1 is 1.23 bits per heavy atom. The lowest BCUT2D eigenvalue weighted by Gasteiger charge is -2.30. The van der Waals surface area contributed by atoms with E-state index < -0.39 is 28.5 Å². The summed E-state index contributed by atoms with van der Waals surface area (Å²) in [4.78, 5) is 25.8. The van der Waals surface area contributed by atoms with E-state index in [1.54, 1.807) is 0 Å². The predicted molar refractivity (Wildman–Crippen MR) is 73.8 cm³/mol. The van der Waals surface area contributed by atoms with Crippen molar-refractivity contribution in [1.82, 2.24) is 15.3 Å². The number of urea groups is 1. The maximum absolute atomic E-state index is 12.3. The third-order valence-electron chi connectivity index (χ3n) is 4.50. The molecule has 124 valence electrons. The van der Waals surface area contributed by atoms with Gasteiger partial charge in [0.2, 0.25) is 5.91 Å². The van der Waals surface area contributed by atoms with Crippen LogP contribution in [0.2, 0.25) is 0 Å².